The summed E-state index contributed by atoms with van der Waals surface area (Å²) < 4.78 is 26.8. The molecule has 1 heterocycles. The van der Waals surface area contributed by atoms with Crippen molar-refractivity contribution < 1.29 is 13.6 Å². The minimum Gasteiger partial charge on any atom is -0.323 e. The summed E-state index contributed by atoms with van der Waals surface area (Å²) in [5, 5.41) is 2.14. The Morgan fingerprint density at radius 3 is 2.53 bits per heavy atom. The lowest BCUT2D eigenvalue weighted by Gasteiger charge is -2.10. The molecule has 19 heavy (non-hydrogen) atoms. The van der Waals surface area contributed by atoms with E-state index in [2.05, 4.69) is 15.7 Å². The van der Waals surface area contributed by atoms with Gasteiger partial charge >= 0.3 is 0 Å². The molecule has 1 aromatic carbocycles. The zero-order valence-corrected chi connectivity index (χ0v) is 9.65. The third kappa shape index (κ3) is 2.66. The topological polar surface area (TPSA) is 80.0 Å². The van der Waals surface area contributed by atoms with Gasteiger partial charge in [-0.05, 0) is 18.2 Å². The molecule has 0 unspecified atom stereocenters. The molecule has 4 N–H and O–H groups in total. The summed E-state index contributed by atoms with van der Waals surface area (Å²) in [6.07, 6.45) is 2.67. The zero-order chi connectivity index (χ0) is 13.8. The summed E-state index contributed by atoms with van der Waals surface area (Å²) in [7, 11) is 0. The van der Waals surface area contributed by atoms with Crippen molar-refractivity contribution in [3.63, 3.8) is 0 Å². The minimum atomic E-state index is -0.862. The van der Waals surface area contributed by atoms with E-state index in [0.717, 1.165) is 12.1 Å². The first-order valence-corrected chi connectivity index (χ1v) is 5.29. The molecule has 5 nitrogen and oxygen atoms in total. The number of hydrogen-bond acceptors (Lipinski definition) is 4. The van der Waals surface area contributed by atoms with Gasteiger partial charge in [-0.15, -0.1) is 0 Å². The van der Waals surface area contributed by atoms with Crippen LogP contribution in [0.3, 0.4) is 0 Å². The lowest BCUT2D eigenvalue weighted by Crippen LogP contribution is -2.18. The van der Waals surface area contributed by atoms with Crippen molar-refractivity contribution in [1.82, 2.24) is 4.98 Å². The van der Waals surface area contributed by atoms with Crippen molar-refractivity contribution in [3.8, 4) is 0 Å². The van der Waals surface area contributed by atoms with Crippen molar-refractivity contribution in [2.24, 2.45) is 5.84 Å². The number of nitrogens with zero attached hydrogens (tertiary/aromatic N) is 1. The van der Waals surface area contributed by atoms with Gasteiger partial charge in [0.25, 0.3) is 5.91 Å². The maximum atomic E-state index is 13.4. The second-order valence-electron chi connectivity index (χ2n) is 3.62. The first-order chi connectivity index (χ1) is 9.13. The number of hydrazine groups is 1. The number of nitrogen functional groups attached to an aromatic ring is 1. The van der Waals surface area contributed by atoms with Gasteiger partial charge in [-0.1, -0.05) is 6.07 Å². The van der Waals surface area contributed by atoms with Crippen LogP contribution < -0.4 is 16.6 Å². The molecule has 0 saturated carbocycles. The average molecular weight is 264 g/mol. The van der Waals surface area contributed by atoms with Gasteiger partial charge in [0.15, 0.2) is 0 Å². The number of anilines is 2. The first-order valence-electron chi connectivity index (χ1n) is 5.29. The van der Waals surface area contributed by atoms with Crippen molar-refractivity contribution in [2.45, 2.75) is 0 Å². The van der Waals surface area contributed by atoms with Crippen LogP contribution in [-0.2, 0) is 0 Å². The summed E-state index contributed by atoms with van der Waals surface area (Å²) in [5.41, 5.74) is 2.16. The summed E-state index contributed by atoms with van der Waals surface area (Å²) in [6.45, 7) is 0. The maximum Gasteiger partial charge on any atom is 0.259 e. The summed E-state index contributed by atoms with van der Waals surface area (Å²) >= 11 is 0. The Kier molecular flexibility index (Phi) is 3.67. The normalized spacial score (nSPS) is 10.1. The number of para-hydroxylation sites is 1. The van der Waals surface area contributed by atoms with Crippen molar-refractivity contribution >= 4 is 17.3 Å². The summed E-state index contributed by atoms with van der Waals surface area (Å²) in [5.74, 6) is 2.79. The van der Waals surface area contributed by atoms with Crippen LogP contribution in [0, 0.1) is 11.6 Å². The Bertz CT molecular complexity index is 598. The van der Waals surface area contributed by atoms with Crippen LogP contribution in [0.1, 0.15) is 10.4 Å². The molecule has 0 fully saturated rings. The fourth-order valence-electron chi connectivity index (χ4n) is 1.50. The fraction of sp³-hybridized carbons (Fsp3) is 0. The second kappa shape index (κ2) is 5.40. The lowest BCUT2D eigenvalue weighted by atomic mass is 10.2. The SMILES string of the molecule is NNc1ccncc1C(=O)Nc1c(F)cccc1F. The van der Waals surface area contributed by atoms with Crippen LogP contribution in [0.4, 0.5) is 20.2 Å². The van der Waals surface area contributed by atoms with Crippen LogP contribution in [0.25, 0.3) is 0 Å². The number of carbonyl (C=O) groups excluding carboxylic acids is 1. The highest BCUT2D eigenvalue weighted by molar-refractivity contribution is 6.07. The number of hydrogen-bond donors (Lipinski definition) is 3. The van der Waals surface area contributed by atoms with Gasteiger partial charge in [-0.25, -0.2) is 8.78 Å². The predicted molar refractivity (Wildman–Crippen MR) is 66.4 cm³/mol. The van der Waals surface area contributed by atoms with Gasteiger partial charge < -0.3 is 10.7 Å². The molecule has 0 atom stereocenters. The molecule has 0 bridgehead atoms. The highest BCUT2D eigenvalue weighted by Gasteiger charge is 2.15. The quantitative estimate of drug-likeness (QED) is 0.584. The molecule has 7 heteroatoms. The molecule has 0 spiro atoms. The standard InChI is InChI=1S/C12H10F2N4O/c13-8-2-1-3-9(14)11(8)17-12(19)7-6-16-5-4-10(7)18-15/h1-6H,15H2,(H,16,18)(H,17,19). The second-order valence-corrected chi connectivity index (χ2v) is 3.62. The Labute approximate surface area is 107 Å². The van der Waals surface area contributed by atoms with Gasteiger partial charge in [0.1, 0.15) is 17.3 Å². The largest absolute Gasteiger partial charge is 0.323 e. The monoisotopic (exact) mass is 264 g/mol. The van der Waals surface area contributed by atoms with E-state index in [0.29, 0.717) is 5.69 Å². The van der Waals surface area contributed by atoms with E-state index in [1.807, 2.05) is 0 Å². The number of halogens is 2. The van der Waals surface area contributed by atoms with E-state index >= 15 is 0 Å². The Balaban J connectivity index is 2.31. The van der Waals surface area contributed by atoms with Crippen LogP contribution in [0.5, 0.6) is 0 Å². The molecule has 0 aliphatic carbocycles. The van der Waals surface area contributed by atoms with E-state index in [1.165, 1.54) is 24.5 Å². The molecule has 0 saturated heterocycles. The molecule has 1 amide bonds. The zero-order valence-electron chi connectivity index (χ0n) is 9.65. The van der Waals surface area contributed by atoms with Crippen LogP contribution in [-0.4, -0.2) is 10.9 Å². The number of carbonyl (C=O) groups is 1. The number of amides is 1. The van der Waals surface area contributed by atoms with Crippen LogP contribution in [0.15, 0.2) is 36.7 Å². The Morgan fingerprint density at radius 1 is 1.21 bits per heavy atom. The van der Waals surface area contributed by atoms with Gasteiger partial charge in [0.05, 0.1) is 11.3 Å². The van der Waals surface area contributed by atoms with E-state index in [4.69, 9.17) is 5.84 Å². The van der Waals surface area contributed by atoms with E-state index < -0.39 is 23.2 Å². The predicted octanol–water partition coefficient (Wildman–Crippen LogP) is 1.90. The molecule has 0 aliphatic heterocycles. The number of aromatic nitrogens is 1. The van der Waals surface area contributed by atoms with E-state index in [-0.39, 0.29) is 5.56 Å². The van der Waals surface area contributed by atoms with Gasteiger partial charge in [-0.3, -0.25) is 15.6 Å². The van der Waals surface area contributed by atoms with Gasteiger partial charge in [-0.2, -0.15) is 0 Å². The number of rotatable bonds is 3. The number of benzene rings is 1. The minimum absolute atomic E-state index is 0.0765. The Hall–Kier alpha value is -2.54. The lowest BCUT2D eigenvalue weighted by molar-refractivity contribution is 0.102. The van der Waals surface area contributed by atoms with Gasteiger partial charge in [0.2, 0.25) is 0 Å². The molecular weight excluding hydrogens is 254 g/mol. The summed E-state index contributed by atoms with van der Waals surface area (Å²) in [6, 6.07) is 4.76. The van der Waals surface area contributed by atoms with Crippen molar-refractivity contribution in [2.75, 3.05) is 10.7 Å². The number of nitrogens with one attached hydrogen (secondary N) is 2. The highest BCUT2D eigenvalue weighted by Crippen LogP contribution is 2.20. The molecule has 2 rings (SSSR count). The first kappa shape index (κ1) is 12.9. The number of pyridine rings is 1. The molecule has 2 aromatic rings. The van der Waals surface area contributed by atoms with Crippen molar-refractivity contribution in [1.29, 1.82) is 0 Å². The smallest absolute Gasteiger partial charge is 0.259 e. The van der Waals surface area contributed by atoms with E-state index in [9.17, 15) is 13.6 Å². The summed E-state index contributed by atoms with van der Waals surface area (Å²) in [4.78, 5) is 15.7. The fourth-order valence-corrected chi connectivity index (χ4v) is 1.50. The molecular formula is C12H10F2N4O. The molecule has 1 aromatic heterocycles. The van der Waals surface area contributed by atoms with Crippen molar-refractivity contribution in [3.05, 3.63) is 53.9 Å². The molecule has 0 aliphatic rings. The van der Waals surface area contributed by atoms with Gasteiger partial charge in [0, 0.05) is 12.4 Å². The maximum absolute atomic E-state index is 13.4. The molecule has 98 valence electrons. The molecule has 0 radical (unpaired) electrons. The third-order valence-corrected chi connectivity index (χ3v) is 2.42. The average Bonchev–Trinajstić information content (AvgIpc) is 2.42. The highest BCUT2D eigenvalue weighted by atomic mass is 19.1. The number of nitrogens with two attached hydrogens (primary N) is 1. The van der Waals surface area contributed by atoms with Crippen LogP contribution >= 0.6 is 0 Å². The van der Waals surface area contributed by atoms with Crippen LogP contribution in [0.2, 0.25) is 0 Å². The Morgan fingerprint density at radius 2 is 1.89 bits per heavy atom. The third-order valence-electron chi connectivity index (χ3n) is 2.42. The van der Waals surface area contributed by atoms with E-state index in [1.54, 1.807) is 0 Å².